The molecule has 1 aromatic rings. The highest BCUT2D eigenvalue weighted by molar-refractivity contribution is 5.74. The average molecular weight is 312 g/mol. The fraction of sp³-hybridized carbons (Fsp3) is 0.733. The van der Waals surface area contributed by atoms with E-state index in [-0.39, 0.29) is 12.5 Å². The molecule has 0 aromatic carbocycles. The molecule has 1 aliphatic carbocycles. The number of hydrogen-bond acceptors (Lipinski definition) is 2. The number of carbonyl (C=O) groups is 1. The van der Waals surface area contributed by atoms with Gasteiger partial charge in [-0.1, -0.05) is 0 Å². The Labute approximate surface area is 128 Å². The maximum atomic E-state index is 12.8. The van der Waals surface area contributed by atoms with E-state index in [1.54, 1.807) is 11.2 Å². The first-order valence-electron chi connectivity index (χ1n) is 7.84. The molecule has 1 saturated heterocycles. The maximum absolute atomic E-state index is 12.8. The van der Waals surface area contributed by atoms with Gasteiger partial charge in [0.2, 0.25) is 0 Å². The van der Waals surface area contributed by atoms with Gasteiger partial charge in [-0.25, -0.2) is 18.6 Å². The molecule has 22 heavy (non-hydrogen) atoms. The van der Waals surface area contributed by atoms with Crippen LogP contribution in [0.3, 0.4) is 0 Å². The van der Waals surface area contributed by atoms with Gasteiger partial charge in [0.05, 0.1) is 6.33 Å². The first-order valence-corrected chi connectivity index (χ1v) is 7.84. The fourth-order valence-electron chi connectivity index (χ4n) is 3.19. The van der Waals surface area contributed by atoms with E-state index in [1.807, 2.05) is 17.8 Å². The standard InChI is InChI=1S/C15H22F2N4O/c1-20-10-18-9-13(20)11-3-6-21(7-4-11)14(22)19-5-2-12-8-15(12,16)17/h9-12H,2-8H2,1H3,(H,19,22). The minimum Gasteiger partial charge on any atom is -0.338 e. The molecule has 1 N–H and O–H groups in total. The number of piperidine rings is 1. The molecule has 122 valence electrons. The molecule has 1 unspecified atom stereocenters. The molecule has 2 fully saturated rings. The summed E-state index contributed by atoms with van der Waals surface area (Å²) in [5, 5.41) is 2.76. The minimum absolute atomic E-state index is 0.0288. The van der Waals surface area contributed by atoms with Gasteiger partial charge in [-0.2, -0.15) is 0 Å². The van der Waals surface area contributed by atoms with Crippen LogP contribution >= 0.6 is 0 Å². The Bertz CT molecular complexity index is 537. The van der Waals surface area contributed by atoms with Crippen molar-refractivity contribution in [1.82, 2.24) is 19.8 Å². The molecule has 0 bridgehead atoms. The van der Waals surface area contributed by atoms with Crippen molar-refractivity contribution in [3.8, 4) is 0 Å². The Morgan fingerprint density at radius 2 is 2.14 bits per heavy atom. The van der Waals surface area contributed by atoms with E-state index < -0.39 is 11.8 Å². The Morgan fingerprint density at radius 1 is 1.45 bits per heavy atom. The van der Waals surface area contributed by atoms with Crippen molar-refractivity contribution >= 4 is 6.03 Å². The van der Waals surface area contributed by atoms with Crippen LogP contribution in [-0.4, -0.2) is 46.0 Å². The second-order valence-electron chi connectivity index (χ2n) is 6.37. The zero-order valence-electron chi connectivity index (χ0n) is 12.8. The van der Waals surface area contributed by atoms with Gasteiger partial charge in [0, 0.05) is 56.8 Å². The number of aryl methyl sites for hydroxylation is 1. The van der Waals surface area contributed by atoms with Gasteiger partial charge in [0.15, 0.2) is 0 Å². The molecule has 2 aliphatic rings. The van der Waals surface area contributed by atoms with Crippen LogP contribution in [0.15, 0.2) is 12.5 Å². The Morgan fingerprint density at radius 3 is 2.68 bits per heavy atom. The van der Waals surface area contributed by atoms with Crippen LogP contribution in [0, 0.1) is 5.92 Å². The van der Waals surface area contributed by atoms with E-state index in [1.165, 1.54) is 5.69 Å². The number of nitrogens with one attached hydrogen (secondary N) is 1. The summed E-state index contributed by atoms with van der Waals surface area (Å²) in [7, 11) is 1.98. The van der Waals surface area contributed by atoms with Crippen LogP contribution in [0.5, 0.6) is 0 Å². The van der Waals surface area contributed by atoms with E-state index >= 15 is 0 Å². The van der Waals surface area contributed by atoms with Gasteiger partial charge in [0.25, 0.3) is 5.92 Å². The molecule has 7 heteroatoms. The topological polar surface area (TPSA) is 50.2 Å². The summed E-state index contributed by atoms with van der Waals surface area (Å²) in [6, 6.07) is -0.132. The zero-order valence-corrected chi connectivity index (χ0v) is 12.8. The summed E-state index contributed by atoms with van der Waals surface area (Å²) in [5.41, 5.74) is 1.20. The number of likely N-dealkylation sites (tertiary alicyclic amines) is 1. The van der Waals surface area contributed by atoms with E-state index in [9.17, 15) is 13.6 Å². The molecule has 3 rings (SSSR count). The van der Waals surface area contributed by atoms with Crippen LogP contribution in [-0.2, 0) is 7.05 Å². The van der Waals surface area contributed by atoms with Crippen molar-refractivity contribution < 1.29 is 13.6 Å². The van der Waals surface area contributed by atoms with Gasteiger partial charge in [-0.15, -0.1) is 0 Å². The Hall–Kier alpha value is -1.66. The number of amides is 2. The van der Waals surface area contributed by atoms with Crippen molar-refractivity contribution in [2.75, 3.05) is 19.6 Å². The van der Waals surface area contributed by atoms with Crippen molar-refractivity contribution in [3.63, 3.8) is 0 Å². The summed E-state index contributed by atoms with van der Waals surface area (Å²) in [6.07, 6.45) is 5.84. The van der Waals surface area contributed by atoms with Crippen LogP contribution in [0.1, 0.15) is 37.3 Å². The third kappa shape index (κ3) is 3.23. The zero-order chi connectivity index (χ0) is 15.7. The predicted octanol–water partition coefficient (Wildman–Crippen LogP) is 2.35. The molecule has 1 aromatic heterocycles. The van der Waals surface area contributed by atoms with Crippen LogP contribution in [0.2, 0.25) is 0 Å². The lowest BCUT2D eigenvalue weighted by atomic mass is 9.94. The average Bonchev–Trinajstić information content (AvgIpc) is 2.89. The third-order valence-electron chi connectivity index (χ3n) is 4.78. The first-order chi connectivity index (χ1) is 10.5. The fourth-order valence-corrected chi connectivity index (χ4v) is 3.19. The number of nitrogens with zero attached hydrogens (tertiary/aromatic N) is 3. The molecular formula is C15H22F2N4O. The number of halogens is 2. The highest BCUT2D eigenvalue weighted by atomic mass is 19.3. The molecule has 1 aliphatic heterocycles. The van der Waals surface area contributed by atoms with Crippen LogP contribution in [0.4, 0.5) is 13.6 Å². The smallest absolute Gasteiger partial charge is 0.317 e. The summed E-state index contributed by atoms with van der Waals surface area (Å²) < 4.78 is 27.5. The van der Waals surface area contributed by atoms with Gasteiger partial charge < -0.3 is 14.8 Å². The van der Waals surface area contributed by atoms with E-state index in [0.29, 0.717) is 32.0 Å². The quantitative estimate of drug-likeness (QED) is 0.928. The van der Waals surface area contributed by atoms with Gasteiger partial charge in [0.1, 0.15) is 0 Å². The van der Waals surface area contributed by atoms with Crippen LogP contribution < -0.4 is 5.32 Å². The number of imidazole rings is 1. The second-order valence-corrected chi connectivity index (χ2v) is 6.37. The molecule has 0 radical (unpaired) electrons. The first kappa shape index (κ1) is 15.2. The third-order valence-corrected chi connectivity index (χ3v) is 4.78. The SMILES string of the molecule is Cn1cncc1C1CCN(C(=O)NCCC2CC2(F)F)CC1. The molecule has 0 spiro atoms. The van der Waals surface area contributed by atoms with E-state index in [0.717, 1.165) is 12.8 Å². The Balaban J connectivity index is 1.39. The van der Waals surface area contributed by atoms with Crippen molar-refractivity contribution in [1.29, 1.82) is 0 Å². The number of rotatable bonds is 4. The summed E-state index contributed by atoms with van der Waals surface area (Å²) in [5.74, 6) is -2.60. The van der Waals surface area contributed by atoms with Gasteiger partial charge in [-0.05, 0) is 19.3 Å². The van der Waals surface area contributed by atoms with Gasteiger partial charge >= 0.3 is 6.03 Å². The number of hydrogen-bond donors (Lipinski definition) is 1. The van der Waals surface area contributed by atoms with Crippen molar-refractivity contribution in [3.05, 3.63) is 18.2 Å². The summed E-state index contributed by atoms with van der Waals surface area (Å²) in [4.78, 5) is 17.9. The summed E-state index contributed by atoms with van der Waals surface area (Å²) in [6.45, 7) is 1.73. The molecule has 2 heterocycles. The molecular weight excluding hydrogens is 290 g/mol. The number of urea groups is 1. The number of alkyl halides is 2. The normalized spacial score (nSPS) is 24.3. The highest BCUT2D eigenvalue weighted by Crippen LogP contribution is 2.50. The monoisotopic (exact) mass is 312 g/mol. The van der Waals surface area contributed by atoms with Crippen molar-refractivity contribution in [2.45, 2.75) is 37.5 Å². The van der Waals surface area contributed by atoms with Crippen LogP contribution in [0.25, 0.3) is 0 Å². The van der Waals surface area contributed by atoms with Crippen molar-refractivity contribution in [2.24, 2.45) is 13.0 Å². The maximum Gasteiger partial charge on any atom is 0.317 e. The molecule has 5 nitrogen and oxygen atoms in total. The summed E-state index contributed by atoms with van der Waals surface area (Å²) >= 11 is 0. The molecule has 1 saturated carbocycles. The Kier molecular flexibility index (Phi) is 4.06. The second kappa shape index (κ2) is 5.85. The predicted molar refractivity (Wildman–Crippen MR) is 77.8 cm³/mol. The highest BCUT2D eigenvalue weighted by Gasteiger charge is 2.55. The minimum atomic E-state index is -2.49. The van der Waals surface area contributed by atoms with E-state index in [4.69, 9.17) is 0 Å². The number of carbonyl (C=O) groups excluding carboxylic acids is 1. The number of aromatic nitrogens is 2. The molecule has 1 atom stereocenters. The lowest BCUT2D eigenvalue weighted by Crippen LogP contribution is -2.44. The van der Waals surface area contributed by atoms with E-state index in [2.05, 4.69) is 10.3 Å². The van der Waals surface area contributed by atoms with Gasteiger partial charge in [-0.3, -0.25) is 0 Å². The largest absolute Gasteiger partial charge is 0.338 e. The lowest BCUT2D eigenvalue weighted by Gasteiger charge is -2.32. The lowest BCUT2D eigenvalue weighted by molar-refractivity contribution is 0.0968. The molecule has 2 amide bonds.